The van der Waals surface area contributed by atoms with Crippen LogP contribution in [0.5, 0.6) is 11.5 Å². The van der Waals surface area contributed by atoms with Gasteiger partial charge in [0.2, 0.25) is 0 Å². The average molecular weight is 334 g/mol. The molecule has 0 saturated heterocycles. The van der Waals surface area contributed by atoms with Gasteiger partial charge in [-0.1, -0.05) is 18.7 Å². The summed E-state index contributed by atoms with van der Waals surface area (Å²) in [6.07, 6.45) is 1.48. The van der Waals surface area contributed by atoms with Crippen molar-refractivity contribution in [3.63, 3.8) is 0 Å². The first kappa shape index (κ1) is 16.5. The lowest BCUT2D eigenvalue weighted by Gasteiger charge is -2.12. The van der Waals surface area contributed by atoms with Crippen molar-refractivity contribution in [1.29, 1.82) is 0 Å². The molecular formula is C20H18N2O3. The predicted molar refractivity (Wildman–Crippen MR) is 99.1 cm³/mol. The van der Waals surface area contributed by atoms with E-state index < -0.39 is 0 Å². The Morgan fingerprint density at radius 1 is 1.20 bits per heavy atom. The van der Waals surface area contributed by atoms with E-state index in [0.29, 0.717) is 22.6 Å². The van der Waals surface area contributed by atoms with Gasteiger partial charge in [0.25, 0.3) is 5.91 Å². The van der Waals surface area contributed by atoms with Crippen LogP contribution in [0.4, 0.5) is 5.69 Å². The maximum Gasteiger partial charge on any atom is 0.261 e. The zero-order valence-corrected chi connectivity index (χ0v) is 14.0. The molecule has 0 unspecified atom stereocenters. The molecule has 5 heteroatoms. The summed E-state index contributed by atoms with van der Waals surface area (Å²) in [7, 11) is 1.52. The number of nitrogens with zero attached hydrogens (tertiary/aromatic N) is 1. The molecule has 1 amide bonds. The van der Waals surface area contributed by atoms with E-state index in [2.05, 4.69) is 16.9 Å². The van der Waals surface area contributed by atoms with Crippen molar-refractivity contribution >= 4 is 28.1 Å². The van der Waals surface area contributed by atoms with Crippen molar-refractivity contribution in [2.75, 3.05) is 12.4 Å². The number of phenolic OH excluding ortho intramolecular Hbond substituents is 1. The number of rotatable bonds is 4. The number of phenols is 1. The van der Waals surface area contributed by atoms with Gasteiger partial charge in [-0.2, -0.15) is 0 Å². The number of aromatic nitrogens is 1. The molecule has 0 radical (unpaired) electrons. The molecular weight excluding hydrogens is 316 g/mol. The molecule has 3 aromatic rings. The standard InChI is InChI=1S/C20H18N2O3/c1-12(2)14-9-8-13(10-18(14)23)22-20(24)16-11-21-17-7-5-4-6-15(17)19(16)25-3/h4-11,23H,1H2,2-3H3,(H,22,24). The number of carbonyl (C=O) groups is 1. The van der Waals surface area contributed by atoms with Gasteiger partial charge in [-0.05, 0) is 36.8 Å². The van der Waals surface area contributed by atoms with Gasteiger partial charge >= 0.3 is 0 Å². The quantitative estimate of drug-likeness (QED) is 0.749. The first-order valence-corrected chi connectivity index (χ1v) is 7.73. The summed E-state index contributed by atoms with van der Waals surface area (Å²) < 4.78 is 5.43. The number of fused-ring (bicyclic) bond motifs is 1. The van der Waals surface area contributed by atoms with Gasteiger partial charge in [0.15, 0.2) is 0 Å². The third-order valence-corrected chi connectivity index (χ3v) is 3.89. The number of pyridine rings is 1. The lowest BCUT2D eigenvalue weighted by molar-refractivity contribution is 0.102. The molecule has 1 heterocycles. The Kier molecular flexibility index (Phi) is 4.39. The minimum absolute atomic E-state index is 0.0638. The maximum atomic E-state index is 12.6. The minimum Gasteiger partial charge on any atom is -0.507 e. The van der Waals surface area contributed by atoms with E-state index in [9.17, 15) is 9.90 Å². The Bertz CT molecular complexity index is 980. The normalized spacial score (nSPS) is 10.5. The molecule has 0 fully saturated rings. The summed E-state index contributed by atoms with van der Waals surface area (Å²) in [5.41, 5.74) is 2.94. The predicted octanol–water partition coefficient (Wildman–Crippen LogP) is 4.23. The van der Waals surface area contributed by atoms with Crippen molar-refractivity contribution in [3.05, 3.63) is 66.4 Å². The van der Waals surface area contributed by atoms with Gasteiger partial charge in [-0.25, -0.2) is 0 Å². The molecule has 2 aromatic carbocycles. The summed E-state index contributed by atoms with van der Waals surface area (Å²) in [4.78, 5) is 16.9. The molecule has 25 heavy (non-hydrogen) atoms. The molecule has 0 bridgehead atoms. The van der Waals surface area contributed by atoms with Gasteiger partial charge in [0, 0.05) is 28.9 Å². The van der Waals surface area contributed by atoms with E-state index in [1.165, 1.54) is 19.4 Å². The number of hydrogen-bond donors (Lipinski definition) is 2. The van der Waals surface area contributed by atoms with Gasteiger partial charge < -0.3 is 15.2 Å². The fourth-order valence-corrected chi connectivity index (χ4v) is 2.67. The van der Waals surface area contributed by atoms with Crippen LogP contribution < -0.4 is 10.1 Å². The molecule has 0 aliphatic heterocycles. The second kappa shape index (κ2) is 6.65. The van der Waals surface area contributed by atoms with E-state index in [1.54, 1.807) is 19.1 Å². The number of para-hydroxylation sites is 1. The van der Waals surface area contributed by atoms with Crippen molar-refractivity contribution in [2.45, 2.75) is 6.92 Å². The van der Waals surface area contributed by atoms with Gasteiger partial charge in [-0.3, -0.25) is 9.78 Å². The highest BCUT2D eigenvalue weighted by Gasteiger charge is 2.17. The smallest absolute Gasteiger partial charge is 0.261 e. The number of ether oxygens (including phenoxy) is 1. The SMILES string of the molecule is C=C(C)c1ccc(NC(=O)c2cnc3ccccc3c2OC)cc1O. The number of amides is 1. The van der Waals surface area contributed by atoms with Crippen LogP contribution in [0.25, 0.3) is 16.5 Å². The number of nitrogens with one attached hydrogen (secondary N) is 1. The number of benzene rings is 2. The van der Waals surface area contributed by atoms with Crippen LogP contribution in [0.3, 0.4) is 0 Å². The molecule has 0 spiro atoms. The molecule has 2 N–H and O–H groups in total. The van der Waals surface area contributed by atoms with E-state index >= 15 is 0 Å². The molecule has 5 nitrogen and oxygen atoms in total. The Morgan fingerprint density at radius 3 is 2.64 bits per heavy atom. The highest BCUT2D eigenvalue weighted by atomic mass is 16.5. The summed E-state index contributed by atoms with van der Waals surface area (Å²) in [5, 5.41) is 13.6. The van der Waals surface area contributed by atoms with Crippen LogP contribution in [0.1, 0.15) is 22.8 Å². The highest BCUT2D eigenvalue weighted by Crippen LogP contribution is 2.30. The van der Waals surface area contributed by atoms with E-state index in [4.69, 9.17) is 4.74 Å². The first-order chi connectivity index (χ1) is 12.0. The number of carbonyl (C=O) groups excluding carboxylic acids is 1. The number of aromatic hydroxyl groups is 1. The second-order valence-corrected chi connectivity index (χ2v) is 5.69. The van der Waals surface area contributed by atoms with Crippen molar-refractivity contribution < 1.29 is 14.6 Å². The molecule has 0 atom stereocenters. The number of anilines is 1. The van der Waals surface area contributed by atoms with Crippen LogP contribution >= 0.6 is 0 Å². The molecule has 126 valence electrons. The summed E-state index contributed by atoms with van der Waals surface area (Å²) in [6.45, 7) is 5.61. The monoisotopic (exact) mass is 334 g/mol. The fourth-order valence-electron chi connectivity index (χ4n) is 2.67. The number of allylic oxidation sites excluding steroid dienone is 1. The van der Waals surface area contributed by atoms with Gasteiger partial charge in [-0.15, -0.1) is 0 Å². The molecule has 0 aliphatic rings. The van der Waals surface area contributed by atoms with Gasteiger partial charge in [0.1, 0.15) is 17.1 Å². The second-order valence-electron chi connectivity index (χ2n) is 5.69. The van der Waals surface area contributed by atoms with E-state index in [0.717, 1.165) is 16.5 Å². The van der Waals surface area contributed by atoms with Crippen molar-refractivity contribution in [3.8, 4) is 11.5 Å². The number of methoxy groups -OCH3 is 1. The third kappa shape index (κ3) is 3.17. The Hall–Kier alpha value is -3.34. The van der Waals surface area contributed by atoms with Crippen molar-refractivity contribution in [2.24, 2.45) is 0 Å². The zero-order valence-electron chi connectivity index (χ0n) is 14.0. The lowest BCUT2D eigenvalue weighted by atomic mass is 10.1. The minimum atomic E-state index is -0.363. The molecule has 0 saturated carbocycles. The average Bonchev–Trinajstić information content (AvgIpc) is 2.60. The molecule has 1 aromatic heterocycles. The molecule has 0 aliphatic carbocycles. The highest BCUT2D eigenvalue weighted by molar-refractivity contribution is 6.09. The summed E-state index contributed by atoms with van der Waals surface area (Å²) in [6, 6.07) is 12.4. The Labute approximate surface area is 145 Å². The van der Waals surface area contributed by atoms with Crippen LogP contribution in [-0.2, 0) is 0 Å². The number of hydrogen-bond acceptors (Lipinski definition) is 4. The molecule has 3 rings (SSSR count). The first-order valence-electron chi connectivity index (χ1n) is 7.73. The lowest BCUT2D eigenvalue weighted by Crippen LogP contribution is -2.14. The van der Waals surface area contributed by atoms with E-state index in [-0.39, 0.29) is 11.7 Å². The summed E-state index contributed by atoms with van der Waals surface area (Å²) in [5.74, 6) is 0.164. The van der Waals surface area contributed by atoms with Gasteiger partial charge in [0.05, 0.1) is 12.6 Å². The maximum absolute atomic E-state index is 12.6. The van der Waals surface area contributed by atoms with Crippen LogP contribution in [0, 0.1) is 0 Å². The van der Waals surface area contributed by atoms with Crippen LogP contribution in [0.15, 0.2) is 55.2 Å². The van der Waals surface area contributed by atoms with Crippen molar-refractivity contribution in [1.82, 2.24) is 4.98 Å². The fraction of sp³-hybridized carbons (Fsp3) is 0.100. The Morgan fingerprint density at radius 2 is 1.96 bits per heavy atom. The third-order valence-electron chi connectivity index (χ3n) is 3.89. The largest absolute Gasteiger partial charge is 0.507 e. The topological polar surface area (TPSA) is 71.5 Å². The Balaban J connectivity index is 1.95. The van der Waals surface area contributed by atoms with Crippen LogP contribution in [-0.4, -0.2) is 23.1 Å². The zero-order chi connectivity index (χ0) is 18.0. The van der Waals surface area contributed by atoms with E-state index in [1.807, 2.05) is 24.3 Å². The van der Waals surface area contributed by atoms with Crippen LogP contribution in [0.2, 0.25) is 0 Å². The summed E-state index contributed by atoms with van der Waals surface area (Å²) >= 11 is 0.